The minimum absolute atomic E-state index is 0.192. The van der Waals surface area contributed by atoms with Crippen LogP contribution in [-0.4, -0.2) is 35.1 Å². The largest absolute Gasteiger partial charge is 0.480 e. The average molecular weight is 197 g/mol. The number of fused-ring (bicyclic) bond motifs is 2. The van der Waals surface area contributed by atoms with Gasteiger partial charge in [-0.05, 0) is 30.6 Å². The second-order valence-electron chi connectivity index (χ2n) is 5.23. The van der Waals surface area contributed by atoms with E-state index >= 15 is 0 Å². The zero-order chi connectivity index (χ0) is 10.3. The fourth-order valence-electron chi connectivity index (χ4n) is 2.95. The molecule has 0 radical (unpaired) electrons. The van der Waals surface area contributed by atoms with Crippen molar-refractivity contribution in [2.75, 3.05) is 13.1 Å². The lowest BCUT2D eigenvalue weighted by Crippen LogP contribution is -2.59. The van der Waals surface area contributed by atoms with Crippen molar-refractivity contribution in [1.82, 2.24) is 4.90 Å². The molecule has 1 saturated carbocycles. The van der Waals surface area contributed by atoms with Crippen LogP contribution in [-0.2, 0) is 4.79 Å². The van der Waals surface area contributed by atoms with Crippen LogP contribution in [0.4, 0.5) is 0 Å². The van der Waals surface area contributed by atoms with Gasteiger partial charge in [-0.15, -0.1) is 0 Å². The van der Waals surface area contributed by atoms with Crippen LogP contribution in [0.3, 0.4) is 0 Å². The summed E-state index contributed by atoms with van der Waals surface area (Å²) in [5.74, 6) is 1.17. The number of carbonyl (C=O) groups is 1. The van der Waals surface area contributed by atoms with Gasteiger partial charge in [0.15, 0.2) is 0 Å². The summed E-state index contributed by atoms with van der Waals surface area (Å²) in [6.07, 6.45) is 2.29. The van der Waals surface area contributed by atoms with Crippen molar-refractivity contribution in [2.24, 2.45) is 17.8 Å². The lowest BCUT2D eigenvalue weighted by molar-refractivity contribution is -0.154. The molecule has 2 saturated heterocycles. The average Bonchev–Trinajstić information content (AvgIpc) is 1.99. The first-order chi connectivity index (χ1) is 6.58. The summed E-state index contributed by atoms with van der Waals surface area (Å²) in [6, 6.07) is -0.192. The molecule has 0 aromatic carbocycles. The maximum absolute atomic E-state index is 11.1. The van der Waals surface area contributed by atoms with Gasteiger partial charge in [-0.1, -0.05) is 13.8 Å². The summed E-state index contributed by atoms with van der Waals surface area (Å²) in [6.45, 7) is 6.24. The van der Waals surface area contributed by atoms with Crippen molar-refractivity contribution in [3.05, 3.63) is 0 Å². The first-order valence-corrected chi connectivity index (χ1v) is 5.54. The molecule has 3 rings (SSSR count). The smallest absolute Gasteiger partial charge is 0.321 e. The number of carboxylic acid groups (broad SMARTS) is 1. The summed E-state index contributed by atoms with van der Waals surface area (Å²) in [5, 5.41) is 9.17. The van der Waals surface area contributed by atoms with E-state index in [1.807, 2.05) is 0 Å². The molecule has 2 heterocycles. The number of aliphatic carboxylic acids is 1. The Morgan fingerprint density at radius 3 is 2.64 bits per heavy atom. The van der Waals surface area contributed by atoms with Gasteiger partial charge in [-0.2, -0.15) is 0 Å². The number of piperidine rings is 2. The van der Waals surface area contributed by atoms with E-state index in [9.17, 15) is 9.90 Å². The van der Waals surface area contributed by atoms with Gasteiger partial charge in [-0.3, -0.25) is 9.69 Å². The molecule has 0 aromatic heterocycles. The van der Waals surface area contributed by atoms with Crippen molar-refractivity contribution >= 4 is 5.97 Å². The van der Waals surface area contributed by atoms with E-state index in [-0.39, 0.29) is 6.04 Å². The summed E-state index contributed by atoms with van der Waals surface area (Å²) in [7, 11) is 0. The second kappa shape index (κ2) is 3.54. The number of hydrogen-bond donors (Lipinski definition) is 1. The van der Waals surface area contributed by atoms with Gasteiger partial charge < -0.3 is 5.11 Å². The Morgan fingerprint density at radius 1 is 1.50 bits per heavy atom. The summed E-state index contributed by atoms with van der Waals surface area (Å²) in [5.41, 5.74) is 0. The van der Waals surface area contributed by atoms with Crippen LogP contribution < -0.4 is 0 Å². The van der Waals surface area contributed by atoms with E-state index in [0.29, 0.717) is 11.8 Å². The van der Waals surface area contributed by atoms with Crippen LogP contribution in [0.25, 0.3) is 0 Å². The molecule has 0 amide bonds. The van der Waals surface area contributed by atoms with E-state index in [2.05, 4.69) is 18.7 Å². The number of hydrogen-bond acceptors (Lipinski definition) is 2. The standard InChI is InChI=1S/C11H19NO2/c1-7(2)5-12-6-8-3-9(4-8)10(12)11(13)14/h7-10H,3-6H2,1-2H3,(H,13,14). The number of carboxylic acids is 1. The molecule has 1 atom stereocenters. The highest BCUT2D eigenvalue weighted by Gasteiger charge is 2.47. The third kappa shape index (κ3) is 1.65. The predicted octanol–water partition coefficient (Wildman–Crippen LogP) is 1.44. The first-order valence-electron chi connectivity index (χ1n) is 5.54. The zero-order valence-corrected chi connectivity index (χ0v) is 8.94. The molecule has 1 unspecified atom stereocenters. The van der Waals surface area contributed by atoms with Crippen LogP contribution in [0, 0.1) is 17.8 Å². The molecule has 1 aliphatic carbocycles. The molecule has 3 fully saturated rings. The fraction of sp³-hybridized carbons (Fsp3) is 0.909. The third-order valence-corrected chi connectivity index (χ3v) is 3.46. The topological polar surface area (TPSA) is 40.5 Å². The van der Waals surface area contributed by atoms with Gasteiger partial charge in [0.05, 0.1) is 0 Å². The minimum Gasteiger partial charge on any atom is -0.480 e. The molecule has 0 aromatic rings. The van der Waals surface area contributed by atoms with E-state index in [0.717, 1.165) is 31.8 Å². The van der Waals surface area contributed by atoms with Crippen molar-refractivity contribution in [1.29, 1.82) is 0 Å². The van der Waals surface area contributed by atoms with Crippen molar-refractivity contribution in [3.8, 4) is 0 Å². The normalized spacial score (nSPS) is 36.9. The SMILES string of the molecule is CC(C)CN1CC2CC(C2)C1C(=O)O. The molecule has 80 valence electrons. The van der Waals surface area contributed by atoms with Gasteiger partial charge in [0, 0.05) is 13.1 Å². The monoisotopic (exact) mass is 197 g/mol. The Bertz CT molecular complexity index is 231. The fourth-order valence-corrected chi connectivity index (χ4v) is 2.95. The molecule has 1 N–H and O–H groups in total. The summed E-state index contributed by atoms with van der Waals surface area (Å²) in [4.78, 5) is 13.3. The van der Waals surface area contributed by atoms with Crippen LogP contribution in [0.15, 0.2) is 0 Å². The Kier molecular flexibility index (Phi) is 2.52. The highest BCUT2D eigenvalue weighted by atomic mass is 16.4. The Balaban J connectivity index is 2.03. The lowest BCUT2D eigenvalue weighted by Gasteiger charge is -2.51. The van der Waals surface area contributed by atoms with E-state index in [1.54, 1.807) is 0 Å². The number of nitrogens with zero attached hydrogens (tertiary/aromatic N) is 1. The van der Waals surface area contributed by atoms with Crippen molar-refractivity contribution < 1.29 is 9.90 Å². The second-order valence-corrected chi connectivity index (χ2v) is 5.23. The van der Waals surface area contributed by atoms with Gasteiger partial charge in [0.25, 0.3) is 0 Å². The molecule has 2 aliphatic heterocycles. The highest BCUT2D eigenvalue weighted by molar-refractivity contribution is 5.74. The van der Waals surface area contributed by atoms with E-state index in [1.165, 1.54) is 0 Å². The van der Waals surface area contributed by atoms with Gasteiger partial charge in [-0.25, -0.2) is 0 Å². The highest BCUT2D eigenvalue weighted by Crippen LogP contribution is 2.43. The maximum Gasteiger partial charge on any atom is 0.321 e. The van der Waals surface area contributed by atoms with Crippen LogP contribution in [0.2, 0.25) is 0 Å². The molecule has 3 heteroatoms. The Hall–Kier alpha value is -0.570. The number of rotatable bonds is 3. The van der Waals surface area contributed by atoms with E-state index < -0.39 is 5.97 Å². The summed E-state index contributed by atoms with van der Waals surface area (Å²) >= 11 is 0. The third-order valence-electron chi connectivity index (χ3n) is 3.46. The van der Waals surface area contributed by atoms with Crippen molar-refractivity contribution in [3.63, 3.8) is 0 Å². The van der Waals surface area contributed by atoms with E-state index in [4.69, 9.17) is 0 Å². The lowest BCUT2D eigenvalue weighted by atomic mass is 9.66. The summed E-state index contributed by atoms with van der Waals surface area (Å²) < 4.78 is 0. The van der Waals surface area contributed by atoms with Gasteiger partial charge in [0.1, 0.15) is 6.04 Å². The van der Waals surface area contributed by atoms with Gasteiger partial charge >= 0.3 is 5.97 Å². The molecule has 2 bridgehead atoms. The zero-order valence-electron chi connectivity index (χ0n) is 8.94. The van der Waals surface area contributed by atoms with Crippen molar-refractivity contribution in [2.45, 2.75) is 32.7 Å². The quantitative estimate of drug-likeness (QED) is 0.744. The van der Waals surface area contributed by atoms with Crippen LogP contribution in [0.5, 0.6) is 0 Å². The molecule has 3 aliphatic rings. The molecular formula is C11H19NO2. The maximum atomic E-state index is 11.1. The molecule has 3 nitrogen and oxygen atoms in total. The molecule has 14 heavy (non-hydrogen) atoms. The van der Waals surface area contributed by atoms with Crippen LogP contribution in [0.1, 0.15) is 26.7 Å². The predicted molar refractivity (Wildman–Crippen MR) is 54.0 cm³/mol. The molecular weight excluding hydrogens is 178 g/mol. The van der Waals surface area contributed by atoms with Crippen LogP contribution >= 0.6 is 0 Å². The Labute approximate surface area is 85.1 Å². The first kappa shape index (κ1) is 9.97. The van der Waals surface area contributed by atoms with Gasteiger partial charge in [0.2, 0.25) is 0 Å². The Morgan fingerprint density at radius 2 is 2.14 bits per heavy atom. The minimum atomic E-state index is -0.617. The molecule has 0 spiro atoms.